The van der Waals surface area contributed by atoms with Crippen molar-refractivity contribution in [2.24, 2.45) is 5.92 Å². The third kappa shape index (κ3) is 2.20. The molecule has 0 aromatic carbocycles. The van der Waals surface area contributed by atoms with E-state index in [1.807, 2.05) is 14.2 Å². The highest BCUT2D eigenvalue weighted by atomic mass is 28.4. The van der Waals surface area contributed by atoms with E-state index in [2.05, 4.69) is 18.4 Å². The van der Waals surface area contributed by atoms with Gasteiger partial charge in [-0.1, -0.05) is 26.7 Å². The molecule has 17 heavy (non-hydrogen) atoms. The first kappa shape index (κ1) is 13.5. The third-order valence-corrected chi connectivity index (χ3v) is 8.71. The molecule has 2 unspecified atom stereocenters. The van der Waals surface area contributed by atoms with Crippen molar-refractivity contribution in [2.45, 2.75) is 57.5 Å². The van der Waals surface area contributed by atoms with E-state index in [0.717, 1.165) is 12.0 Å². The lowest BCUT2D eigenvalue weighted by Gasteiger charge is -2.43. The molecule has 4 heteroatoms. The summed E-state index contributed by atoms with van der Waals surface area (Å²) >= 11 is 0. The second-order valence-corrected chi connectivity index (χ2v) is 9.59. The number of nitrogens with zero attached hydrogens (tertiary/aromatic N) is 1. The Morgan fingerprint density at radius 2 is 1.71 bits per heavy atom. The molecule has 1 aliphatic carbocycles. The first-order valence-corrected chi connectivity index (χ1v) is 8.87. The molecule has 0 bridgehead atoms. The predicted molar refractivity (Wildman–Crippen MR) is 71.9 cm³/mol. The molecule has 100 valence electrons. The van der Waals surface area contributed by atoms with E-state index in [-0.39, 0.29) is 0 Å². The average Bonchev–Trinajstić information content (AvgIpc) is 2.76. The van der Waals surface area contributed by atoms with E-state index in [9.17, 15) is 0 Å². The summed E-state index contributed by atoms with van der Waals surface area (Å²) < 4.78 is 14.5. The van der Waals surface area contributed by atoms with Gasteiger partial charge in [0.25, 0.3) is 0 Å². The zero-order chi connectivity index (χ0) is 12.5. The Labute approximate surface area is 107 Å². The highest BCUT2D eigenvalue weighted by Crippen LogP contribution is 2.41. The van der Waals surface area contributed by atoms with Crippen molar-refractivity contribution in [3.05, 3.63) is 0 Å². The van der Waals surface area contributed by atoms with Gasteiger partial charge >= 0.3 is 8.72 Å². The van der Waals surface area contributed by atoms with Crippen LogP contribution in [0.25, 0.3) is 0 Å². The Morgan fingerprint density at radius 1 is 1.06 bits per heavy atom. The van der Waals surface area contributed by atoms with E-state index in [4.69, 9.17) is 8.85 Å². The van der Waals surface area contributed by atoms with Crippen LogP contribution in [-0.4, -0.2) is 40.1 Å². The normalized spacial score (nSPS) is 30.9. The molecule has 3 nitrogen and oxygen atoms in total. The average molecular weight is 257 g/mol. The number of hydrogen-bond acceptors (Lipinski definition) is 3. The minimum atomic E-state index is -2.16. The second kappa shape index (κ2) is 5.39. The lowest BCUT2D eigenvalue weighted by atomic mass is 9.86. The minimum absolute atomic E-state index is 0.484. The van der Waals surface area contributed by atoms with Gasteiger partial charge in [0, 0.05) is 25.8 Å². The highest BCUT2D eigenvalue weighted by Gasteiger charge is 2.53. The molecule has 1 aliphatic heterocycles. The molecule has 0 radical (unpaired) electrons. The molecule has 1 saturated heterocycles. The summed E-state index contributed by atoms with van der Waals surface area (Å²) in [6, 6.07) is 0.734. The SMILES string of the molecule is CO[Si](OC)(C(C)C)N1CCC2CCCCC21. The minimum Gasteiger partial charge on any atom is -0.386 e. The first-order valence-electron chi connectivity index (χ1n) is 7.02. The molecule has 0 aromatic rings. The van der Waals surface area contributed by atoms with Gasteiger partial charge in [-0.3, -0.25) is 4.57 Å². The lowest BCUT2D eigenvalue weighted by molar-refractivity contribution is 0.127. The van der Waals surface area contributed by atoms with E-state index < -0.39 is 8.72 Å². The van der Waals surface area contributed by atoms with Gasteiger partial charge in [-0.25, -0.2) is 0 Å². The fourth-order valence-corrected chi connectivity index (χ4v) is 7.40. The molecular formula is C13H27NO2Si. The second-order valence-electron chi connectivity index (χ2n) is 5.79. The van der Waals surface area contributed by atoms with Gasteiger partial charge in [0.2, 0.25) is 0 Å². The van der Waals surface area contributed by atoms with Gasteiger partial charge in [-0.05, 0) is 31.7 Å². The smallest absolute Gasteiger partial charge is 0.386 e. The summed E-state index contributed by atoms with van der Waals surface area (Å²) in [6.07, 6.45) is 6.91. The number of rotatable bonds is 4. The van der Waals surface area contributed by atoms with Crippen molar-refractivity contribution in [2.75, 3.05) is 20.8 Å². The van der Waals surface area contributed by atoms with Gasteiger partial charge in [0.15, 0.2) is 0 Å². The maximum absolute atomic E-state index is 5.92. The maximum atomic E-state index is 5.92. The van der Waals surface area contributed by atoms with Crippen LogP contribution in [0.4, 0.5) is 0 Å². The Bertz CT molecular complexity index is 256. The van der Waals surface area contributed by atoms with Crippen LogP contribution < -0.4 is 0 Å². The Hall–Kier alpha value is 0.0969. The molecule has 2 atom stereocenters. The highest BCUT2D eigenvalue weighted by molar-refractivity contribution is 6.66. The zero-order valence-corrected chi connectivity index (χ0v) is 12.7. The summed E-state index contributed by atoms with van der Waals surface area (Å²) in [4.78, 5) is 0. The van der Waals surface area contributed by atoms with Gasteiger partial charge in [-0.2, -0.15) is 0 Å². The fourth-order valence-electron chi connectivity index (χ4n) is 3.91. The fraction of sp³-hybridized carbons (Fsp3) is 1.00. The van der Waals surface area contributed by atoms with Crippen molar-refractivity contribution >= 4 is 8.72 Å². The van der Waals surface area contributed by atoms with Crippen molar-refractivity contribution in [3.8, 4) is 0 Å². The third-order valence-electron chi connectivity index (χ3n) is 4.72. The standard InChI is InChI=1S/C13H27NO2Si/c1-11(2)17(15-3,16-4)14-10-9-12-7-5-6-8-13(12)14/h11-13H,5-10H2,1-4H3. The van der Waals surface area contributed by atoms with Crippen LogP contribution in [-0.2, 0) is 8.85 Å². The van der Waals surface area contributed by atoms with Crippen LogP contribution in [0.5, 0.6) is 0 Å². The summed E-state index contributed by atoms with van der Waals surface area (Å²) in [5.41, 5.74) is 0.484. The van der Waals surface area contributed by atoms with Crippen molar-refractivity contribution in [1.29, 1.82) is 0 Å². The summed E-state index contributed by atoms with van der Waals surface area (Å²) in [5, 5.41) is 0. The van der Waals surface area contributed by atoms with E-state index in [1.54, 1.807) is 0 Å². The van der Waals surface area contributed by atoms with Crippen LogP contribution >= 0.6 is 0 Å². The predicted octanol–water partition coefficient (Wildman–Crippen LogP) is 2.89. The molecule has 0 spiro atoms. The Morgan fingerprint density at radius 3 is 2.29 bits per heavy atom. The molecule has 0 N–H and O–H groups in total. The van der Waals surface area contributed by atoms with Gasteiger partial charge in [-0.15, -0.1) is 0 Å². The van der Waals surface area contributed by atoms with Crippen LogP contribution in [0.3, 0.4) is 0 Å². The molecule has 0 aromatic heterocycles. The molecule has 1 saturated carbocycles. The Kier molecular flexibility index (Phi) is 4.29. The summed E-state index contributed by atoms with van der Waals surface area (Å²) in [7, 11) is 1.52. The van der Waals surface area contributed by atoms with Crippen LogP contribution in [0.1, 0.15) is 46.0 Å². The van der Waals surface area contributed by atoms with Gasteiger partial charge < -0.3 is 8.85 Å². The van der Waals surface area contributed by atoms with Crippen molar-refractivity contribution < 1.29 is 8.85 Å². The molecule has 1 heterocycles. The topological polar surface area (TPSA) is 21.7 Å². The summed E-state index contributed by atoms with van der Waals surface area (Å²) in [5.74, 6) is 0.902. The summed E-state index contributed by atoms with van der Waals surface area (Å²) in [6.45, 7) is 5.67. The molecular weight excluding hydrogens is 230 g/mol. The number of hydrogen-bond donors (Lipinski definition) is 0. The van der Waals surface area contributed by atoms with Crippen molar-refractivity contribution in [1.82, 2.24) is 4.57 Å². The molecule has 2 rings (SSSR count). The van der Waals surface area contributed by atoms with Crippen LogP contribution in [0.15, 0.2) is 0 Å². The largest absolute Gasteiger partial charge is 0.430 e. The first-order chi connectivity index (χ1) is 8.15. The van der Waals surface area contributed by atoms with Crippen LogP contribution in [0, 0.1) is 5.92 Å². The zero-order valence-electron chi connectivity index (χ0n) is 11.7. The van der Waals surface area contributed by atoms with E-state index >= 15 is 0 Å². The molecule has 0 amide bonds. The molecule has 2 fully saturated rings. The van der Waals surface area contributed by atoms with Gasteiger partial charge in [0.1, 0.15) is 0 Å². The van der Waals surface area contributed by atoms with E-state index in [0.29, 0.717) is 5.54 Å². The van der Waals surface area contributed by atoms with Crippen LogP contribution in [0.2, 0.25) is 5.54 Å². The Balaban J connectivity index is 2.19. The maximum Gasteiger partial charge on any atom is 0.430 e. The van der Waals surface area contributed by atoms with Gasteiger partial charge in [0.05, 0.1) is 0 Å². The number of fused-ring (bicyclic) bond motifs is 1. The quantitative estimate of drug-likeness (QED) is 0.723. The molecule has 2 aliphatic rings. The van der Waals surface area contributed by atoms with E-state index in [1.165, 1.54) is 38.6 Å². The lowest BCUT2D eigenvalue weighted by Crippen LogP contribution is -2.62. The van der Waals surface area contributed by atoms with Crippen molar-refractivity contribution in [3.63, 3.8) is 0 Å². The monoisotopic (exact) mass is 257 g/mol.